The zero-order chi connectivity index (χ0) is 16.0. The van der Waals surface area contributed by atoms with Gasteiger partial charge < -0.3 is 14.8 Å². The summed E-state index contributed by atoms with van der Waals surface area (Å²) < 4.78 is 10.8. The minimum absolute atomic E-state index is 0.325. The van der Waals surface area contributed by atoms with Gasteiger partial charge in [-0.3, -0.25) is 0 Å². The second kappa shape index (κ2) is 7.45. The lowest BCUT2D eigenvalue weighted by Gasteiger charge is -2.22. The van der Waals surface area contributed by atoms with Gasteiger partial charge in [0, 0.05) is 10.9 Å². The molecule has 1 atom stereocenters. The average Bonchev–Trinajstić information content (AvgIpc) is 2.34. The van der Waals surface area contributed by atoms with Crippen molar-refractivity contribution in [2.45, 2.75) is 38.8 Å². The van der Waals surface area contributed by atoms with Crippen molar-refractivity contribution >= 4 is 28.0 Å². The van der Waals surface area contributed by atoms with Gasteiger partial charge in [0.2, 0.25) is 0 Å². The van der Waals surface area contributed by atoms with E-state index in [1.54, 1.807) is 20.8 Å². The van der Waals surface area contributed by atoms with Crippen LogP contribution in [0.4, 0.5) is 4.79 Å². The van der Waals surface area contributed by atoms with E-state index in [9.17, 15) is 9.59 Å². The SMILES string of the molecule is COC(=O)C(Cc1cccc(Br)c1)NC(=O)OC(C)(C)C. The quantitative estimate of drug-likeness (QED) is 0.841. The fourth-order valence-corrected chi connectivity index (χ4v) is 2.13. The lowest BCUT2D eigenvalue weighted by Crippen LogP contribution is -2.45. The Bertz CT molecular complexity index is 511. The number of alkyl carbamates (subject to hydrolysis) is 1. The number of methoxy groups -OCH3 is 1. The Balaban J connectivity index is 2.77. The molecule has 5 nitrogen and oxygen atoms in total. The molecule has 0 heterocycles. The van der Waals surface area contributed by atoms with Gasteiger partial charge in [-0.2, -0.15) is 0 Å². The van der Waals surface area contributed by atoms with Crippen molar-refractivity contribution in [3.8, 4) is 0 Å². The van der Waals surface area contributed by atoms with Gasteiger partial charge in [-0.25, -0.2) is 9.59 Å². The number of benzene rings is 1. The van der Waals surface area contributed by atoms with E-state index >= 15 is 0 Å². The summed E-state index contributed by atoms with van der Waals surface area (Å²) in [7, 11) is 1.28. The van der Waals surface area contributed by atoms with Crippen LogP contribution >= 0.6 is 15.9 Å². The molecule has 0 fully saturated rings. The van der Waals surface area contributed by atoms with Gasteiger partial charge in [0.1, 0.15) is 11.6 Å². The van der Waals surface area contributed by atoms with Crippen LogP contribution in [0, 0.1) is 0 Å². The lowest BCUT2D eigenvalue weighted by molar-refractivity contribution is -0.143. The normalized spacial score (nSPS) is 12.4. The molecule has 1 aromatic rings. The van der Waals surface area contributed by atoms with E-state index < -0.39 is 23.7 Å². The third-order valence-corrected chi connectivity index (χ3v) is 3.00. The van der Waals surface area contributed by atoms with Gasteiger partial charge in [-0.1, -0.05) is 28.1 Å². The zero-order valence-electron chi connectivity index (χ0n) is 12.6. The van der Waals surface area contributed by atoms with Crippen molar-refractivity contribution in [2.24, 2.45) is 0 Å². The molecule has 0 aliphatic rings. The minimum Gasteiger partial charge on any atom is -0.467 e. The smallest absolute Gasteiger partial charge is 0.408 e. The molecule has 0 saturated carbocycles. The van der Waals surface area contributed by atoms with Crippen molar-refractivity contribution in [2.75, 3.05) is 7.11 Å². The molecule has 0 radical (unpaired) electrons. The fourth-order valence-electron chi connectivity index (χ4n) is 1.69. The van der Waals surface area contributed by atoms with Crippen molar-refractivity contribution in [1.82, 2.24) is 5.32 Å². The van der Waals surface area contributed by atoms with Crippen LogP contribution in [0.15, 0.2) is 28.7 Å². The summed E-state index contributed by atoms with van der Waals surface area (Å²) in [6.07, 6.45) is -0.321. The van der Waals surface area contributed by atoms with Gasteiger partial charge >= 0.3 is 12.1 Å². The molecule has 1 aromatic carbocycles. The highest BCUT2D eigenvalue weighted by Crippen LogP contribution is 2.14. The number of ether oxygens (including phenoxy) is 2. The molecule has 1 N–H and O–H groups in total. The molecule has 1 rings (SSSR count). The molecular formula is C15H20BrNO4. The molecule has 0 bridgehead atoms. The molecule has 116 valence electrons. The molecule has 0 aliphatic carbocycles. The zero-order valence-corrected chi connectivity index (χ0v) is 14.2. The number of amides is 1. The molecule has 0 aliphatic heterocycles. The standard InChI is InChI=1S/C15H20BrNO4/c1-15(2,3)21-14(19)17-12(13(18)20-4)9-10-6-5-7-11(16)8-10/h5-8,12H,9H2,1-4H3,(H,17,19). The highest BCUT2D eigenvalue weighted by atomic mass is 79.9. The van der Waals surface area contributed by atoms with E-state index in [0.29, 0.717) is 6.42 Å². The van der Waals surface area contributed by atoms with Crippen molar-refractivity contribution in [3.05, 3.63) is 34.3 Å². The Hall–Kier alpha value is -1.56. The number of nitrogens with one attached hydrogen (secondary N) is 1. The summed E-state index contributed by atoms with van der Waals surface area (Å²) in [5, 5.41) is 2.54. The number of hydrogen-bond acceptors (Lipinski definition) is 4. The third-order valence-electron chi connectivity index (χ3n) is 2.51. The van der Waals surface area contributed by atoms with Crippen LogP contribution in [0.25, 0.3) is 0 Å². The molecule has 1 unspecified atom stereocenters. The van der Waals surface area contributed by atoms with Crippen molar-refractivity contribution < 1.29 is 19.1 Å². The Morgan fingerprint density at radius 3 is 2.52 bits per heavy atom. The maximum absolute atomic E-state index is 11.8. The van der Waals surface area contributed by atoms with Crippen LogP contribution in [0.3, 0.4) is 0 Å². The van der Waals surface area contributed by atoms with E-state index in [1.165, 1.54) is 7.11 Å². The highest BCUT2D eigenvalue weighted by molar-refractivity contribution is 9.10. The first-order valence-corrected chi connectivity index (χ1v) is 7.32. The maximum atomic E-state index is 11.8. The highest BCUT2D eigenvalue weighted by Gasteiger charge is 2.25. The number of esters is 1. The number of rotatable bonds is 4. The summed E-state index contributed by atoms with van der Waals surface area (Å²) in [6.45, 7) is 5.27. The summed E-state index contributed by atoms with van der Waals surface area (Å²) in [5.41, 5.74) is 0.274. The Labute approximate surface area is 133 Å². The van der Waals surface area contributed by atoms with Crippen molar-refractivity contribution in [3.63, 3.8) is 0 Å². The Morgan fingerprint density at radius 1 is 1.33 bits per heavy atom. The second-order valence-corrected chi connectivity index (χ2v) is 6.47. The van der Waals surface area contributed by atoms with Crippen molar-refractivity contribution in [1.29, 1.82) is 0 Å². The number of carbonyl (C=O) groups is 2. The number of hydrogen-bond donors (Lipinski definition) is 1. The lowest BCUT2D eigenvalue weighted by atomic mass is 10.1. The fraction of sp³-hybridized carbons (Fsp3) is 0.467. The van der Waals surface area contributed by atoms with Crippen LogP contribution in [-0.4, -0.2) is 30.8 Å². The maximum Gasteiger partial charge on any atom is 0.408 e. The van der Waals surface area contributed by atoms with Gasteiger partial charge in [0.15, 0.2) is 0 Å². The van der Waals surface area contributed by atoms with Crippen LogP contribution in [-0.2, 0) is 20.7 Å². The molecule has 0 saturated heterocycles. The van der Waals surface area contributed by atoms with Gasteiger partial charge in [0.25, 0.3) is 0 Å². The molecular weight excluding hydrogens is 338 g/mol. The van der Waals surface area contributed by atoms with Crippen LogP contribution < -0.4 is 5.32 Å². The largest absolute Gasteiger partial charge is 0.467 e. The summed E-state index contributed by atoms with van der Waals surface area (Å²) in [4.78, 5) is 23.6. The third kappa shape index (κ3) is 6.62. The molecule has 0 aromatic heterocycles. The molecule has 1 amide bonds. The van der Waals surface area contributed by atoms with Crippen LogP contribution in [0.5, 0.6) is 0 Å². The first kappa shape index (κ1) is 17.5. The van der Waals surface area contributed by atoms with Crippen LogP contribution in [0.2, 0.25) is 0 Å². The second-order valence-electron chi connectivity index (χ2n) is 5.56. The Kier molecular flexibility index (Phi) is 6.20. The molecule has 0 spiro atoms. The first-order chi connectivity index (χ1) is 9.71. The van der Waals surface area contributed by atoms with Gasteiger partial charge in [0.05, 0.1) is 7.11 Å². The van der Waals surface area contributed by atoms with E-state index in [-0.39, 0.29) is 0 Å². The summed E-state index contributed by atoms with van der Waals surface area (Å²) >= 11 is 3.37. The first-order valence-electron chi connectivity index (χ1n) is 6.53. The molecule has 21 heavy (non-hydrogen) atoms. The predicted molar refractivity (Wildman–Crippen MR) is 83.0 cm³/mol. The topological polar surface area (TPSA) is 64.6 Å². The van der Waals surface area contributed by atoms with E-state index in [1.807, 2.05) is 24.3 Å². The molecule has 6 heteroatoms. The minimum atomic E-state index is -0.792. The average molecular weight is 358 g/mol. The summed E-state index contributed by atoms with van der Waals surface area (Å²) in [5.74, 6) is -0.513. The van der Waals surface area contributed by atoms with Gasteiger partial charge in [-0.05, 0) is 38.5 Å². The van der Waals surface area contributed by atoms with E-state index in [4.69, 9.17) is 9.47 Å². The predicted octanol–water partition coefficient (Wildman–Crippen LogP) is 3.06. The van der Waals surface area contributed by atoms with E-state index in [2.05, 4.69) is 21.2 Å². The summed E-state index contributed by atoms with van der Waals surface area (Å²) in [6, 6.07) is 6.71. The van der Waals surface area contributed by atoms with Crippen LogP contribution in [0.1, 0.15) is 26.3 Å². The van der Waals surface area contributed by atoms with Gasteiger partial charge in [-0.15, -0.1) is 0 Å². The monoisotopic (exact) mass is 357 g/mol. The number of carbonyl (C=O) groups excluding carboxylic acids is 2. The number of halogens is 1. The van der Waals surface area contributed by atoms with E-state index in [0.717, 1.165) is 10.0 Å². The Morgan fingerprint density at radius 2 is 2.00 bits per heavy atom.